The number of pyridine rings is 1. The van der Waals surface area contributed by atoms with Crippen molar-refractivity contribution in [1.82, 2.24) is 9.66 Å². The Kier molecular flexibility index (Phi) is 6.66. The molecule has 3 rings (SSSR count). The predicted molar refractivity (Wildman–Crippen MR) is 115 cm³/mol. The molecule has 7 nitrogen and oxygen atoms in total. The third-order valence-corrected chi connectivity index (χ3v) is 5.14. The molecule has 0 radical (unpaired) electrons. The van der Waals surface area contributed by atoms with Crippen LogP contribution in [0.25, 0.3) is 11.3 Å². The van der Waals surface area contributed by atoms with E-state index in [2.05, 4.69) is 9.98 Å². The van der Waals surface area contributed by atoms with Crippen molar-refractivity contribution >= 4 is 17.0 Å². The molecule has 0 saturated heterocycles. The monoisotopic (exact) mass is 412 g/mol. The minimum Gasteiger partial charge on any atom is -0.493 e. The Bertz CT molecular complexity index is 1050. The molecule has 152 valence electrons. The fraction of sp³-hybridized carbons (Fsp3) is 0.286. The Labute approximate surface area is 173 Å². The third-order valence-electron chi connectivity index (χ3n) is 4.29. The number of nitrogens with zero attached hydrogens (tertiary/aromatic N) is 4. The summed E-state index contributed by atoms with van der Waals surface area (Å²) in [4.78, 5) is 9.48. The molecule has 0 spiro atoms. The van der Waals surface area contributed by atoms with Crippen LogP contribution >= 0.6 is 11.3 Å². The zero-order chi connectivity index (χ0) is 20.8. The average Bonchev–Trinajstić information content (AvgIpc) is 3.15. The topological polar surface area (TPSA) is 70.2 Å². The number of methoxy groups -OCH3 is 3. The summed E-state index contributed by atoms with van der Waals surface area (Å²) in [6.07, 6.45) is 3.51. The first-order valence-electron chi connectivity index (χ1n) is 9.10. The summed E-state index contributed by atoms with van der Waals surface area (Å²) in [5.74, 6) is 1.72. The van der Waals surface area contributed by atoms with Gasteiger partial charge in [-0.3, -0.25) is 9.98 Å². The van der Waals surface area contributed by atoms with Crippen molar-refractivity contribution in [3.05, 3.63) is 52.4 Å². The first kappa shape index (κ1) is 20.6. The average molecular weight is 413 g/mol. The summed E-state index contributed by atoms with van der Waals surface area (Å²) in [5.41, 5.74) is 3.63. The molecule has 2 aromatic heterocycles. The number of aromatic nitrogens is 2. The van der Waals surface area contributed by atoms with Gasteiger partial charge in [-0.15, -0.1) is 11.3 Å². The highest BCUT2D eigenvalue weighted by Crippen LogP contribution is 2.41. The molecule has 0 N–H and O–H groups in total. The van der Waals surface area contributed by atoms with E-state index in [-0.39, 0.29) is 0 Å². The van der Waals surface area contributed by atoms with Gasteiger partial charge in [0.1, 0.15) is 0 Å². The largest absolute Gasteiger partial charge is 0.493 e. The van der Waals surface area contributed by atoms with Crippen LogP contribution in [-0.2, 0) is 0 Å². The minimum atomic E-state index is 0.551. The van der Waals surface area contributed by atoms with Crippen molar-refractivity contribution in [3.63, 3.8) is 0 Å². The van der Waals surface area contributed by atoms with Gasteiger partial charge in [0.05, 0.1) is 32.7 Å². The Balaban J connectivity index is 2.21. The lowest BCUT2D eigenvalue weighted by atomic mass is 10.1. The summed E-state index contributed by atoms with van der Waals surface area (Å²) in [7, 11) is 4.80. The van der Waals surface area contributed by atoms with E-state index in [1.165, 1.54) is 11.3 Å². The maximum absolute atomic E-state index is 5.51. The van der Waals surface area contributed by atoms with Gasteiger partial charge in [-0.05, 0) is 38.1 Å². The van der Waals surface area contributed by atoms with Gasteiger partial charge < -0.3 is 14.2 Å². The fourth-order valence-corrected chi connectivity index (χ4v) is 3.76. The summed E-state index contributed by atoms with van der Waals surface area (Å²) < 4.78 is 18.3. The van der Waals surface area contributed by atoms with Crippen LogP contribution in [0, 0.1) is 0 Å². The SMILES string of the molecule is CCN=c1scc(-c2cc(OC)c(OC)c(OC)c2)n1N=C(C)c1ccncc1. The van der Waals surface area contributed by atoms with Gasteiger partial charge in [0.25, 0.3) is 0 Å². The predicted octanol–water partition coefficient (Wildman–Crippen LogP) is 3.83. The molecule has 29 heavy (non-hydrogen) atoms. The molecule has 2 heterocycles. The molecule has 3 aromatic rings. The summed E-state index contributed by atoms with van der Waals surface area (Å²) in [5, 5.41) is 6.87. The molecule has 0 saturated carbocycles. The molecule has 0 atom stereocenters. The van der Waals surface area contributed by atoms with E-state index in [0.29, 0.717) is 23.8 Å². The van der Waals surface area contributed by atoms with Crippen LogP contribution in [0.1, 0.15) is 19.4 Å². The first-order valence-corrected chi connectivity index (χ1v) is 9.98. The van der Waals surface area contributed by atoms with Gasteiger partial charge in [-0.2, -0.15) is 5.10 Å². The molecule has 0 unspecified atom stereocenters. The van der Waals surface area contributed by atoms with Crippen LogP contribution in [0.3, 0.4) is 0 Å². The number of thiazole rings is 1. The Hall–Kier alpha value is -3.13. The Morgan fingerprint density at radius 3 is 2.28 bits per heavy atom. The Morgan fingerprint density at radius 1 is 1.07 bits per heavy atom. The second-order valence-corrected chi connectivity index (χ2v) is 6.86. The molecular formula is C21H24N4O3S. The lowest BCUT2D eigenvalue weighted by Crippen LogP contribution is -2.14. The van der Waals surface area contributed by atoms with Crippen molar-refractivity contribution < 1.29 is 14.2 Å². The van der Waals surface area contributed by atoms with Crippen LogP contribution in [0.5, 0.6) is 17.2 Å². The molecular weight excluding hydrogens is 388 g/mol. The van der Waals surface area contributed by atoms with Crippen LogP contribution in [0.15, 0.2) is 52.1 Å². The van der Waals surface area contributed by atoms with E-state index in [1.807, 2.05) is 48.2 Å². The molecule has 0 amide bonds. The smallest absolute Gasteiger partial charge is 0.206 e. The lowest BCUT2D eigenvalue weighted by molar-refractivity contribution is 0.324. The number of hydrogen-bond donors (Lipinski definition) is 0. The van der Waals surface area contributed by atoms with Crippen LogP contribution < -0.4 is 19.0 Å². The quantitative estimate of drug-likeness (QED) is 0.553. The molecule has 1 aromatic carbocycles. The number of benzene rings is 1. The third kappa shape index (κ3) is 4.32. The van der Waals surface area contributed by atoms with Gasteiger partial charge in [-0.1, -0.05) is 0 Å². The van der Waals surface area contributed by atoms with Gasteiger partial charge in [0.15, 0.2) is 11.5 Å². The van der Waals surface area contributed by atoms with E-state index in [1.54, 1.807) is 33.7 Å². The van der Waals surface area contributed by atoms with Gasteiger partial charge >= 0.3 is 0 Å². The van der Waals surface area contributed by atoms with E-state index < -0.39 is 0 Å². The van der Waals surface area contributed by atoms with Crippen molar-refractivity contribution in [2.24, 2.45) is 10.1 Å². The molecule has 0 fully saturated rings. The fourth-order valence-electron chi connectivity index (χ4n) is 2.87. The number of ether oxygens (including phenoxy) is 3. The minimum absolute atomic E-state index is 0.551. The number of rotatable bonds is 7. The van der Waals surface area contributed by atoms with Crippen LogP contribution in [0.4, 0.5) is 0 Å². The molecule has 0 aliphatic rings. The summed E-state index contributed by atoms with van der Waals surface area (Å²) in [6, 6.07) is 7.68. The zero-order valence-corrected chi connectivity index (χ0v) is 18.0. The van der Waals surface area contributed by atoms with Gasteiger partial charge in [0.2, 0.25) is 10.6 Å². The normalized spacial score (nSPS) is 12.2. The summed E-state index contributed by atoms with van der Waals surface area (Å²) in [6.45, 7) is 4.64. The number of hydrogen-bond acceptors (Lipinski definition) is 7. The first-order chi connectivity index (χ1) is 14.1. The van der Waals surface area contributed by atoms with Crippen molar-refractivity contribution in [1.29, 1.82) is 0 Å². The van der Waals surface area contributed by atoms with Crippen molar-refractivity contribution in [2.75, 3.05) is 27.9 Å². The lowest BCUT2D eigenvalue weighted by Gasteiger charge is -2.14. The zero-order valence-electron chi connectivity index (χ0n) is 17.2. The van der Waals surface area contributed by atoms with E-state index in [4.69, 9.17) is 19.3 Å². The highest BCUT2D eigenvalue weighted by atomic mass is 32.1. The second kappa shape index (κ2) is 9.38. The maximum atomic E-state index is 5.51. The van der Waals surface area contributed by atoms with E-state index >= 15 is 0 Å². The maximum Gasteiger partial charge on any atom is 0.206 e. The van der Waals surface area contributed by atoms with Crippen LogP contribution in [0.2, 0.25) is 0 Å². The molecule has 8 heteroatoms. The van der Waals surface area contributed by atoms with Crippen molar-refractivity contribution in [2.45, 2.75) is 13.8 Å². The van der Waals surface area contributed by atoms with E-state index in [0.717, 1.165) is 27.3 Å². The summed E-state index contributed by atoms with van der Waals surface area (Å²) >= 11 is 1.53. The molecule has 0 aliphatic carbocycles. The van der Waals surface area contributed by atoms with Crippen molar-refractivity contribution in [3.8, 4) is 28.5 Å². The molecule has 0 bridgehead atoms. The molecule has 0 aliphatic heterocycles. The van der Waals surface area contributed by atoms with Crippen LogP contribution in [-0.4, -0.2) is 43.2 Å². The standard InChI is InChI=1S/C21H24N4O3S/c1-6-23-21-25(24-14(2)15-7-9-22-10-8-15)17(13-29-21)16-11-18(26-3)20(28-5)19(12-16)27-4/h7-13H,6H2,1-5H3. The second-order valence-electron chi connectivity index (χ2n) is 6.02. The highest BCUT2D eigenvalue weighted by Gasteiger charge is 2.17. The van der Waals surface area contributed by atoms with Gasteiger partial charge in [0, 0.05) is 35.4 Å². The van der Waals surface area contributed by atoms with E-state index in [9.17, 15) is 0 Å². The van der Waals surface area contributed by atoms with Gasteiger partial charge in [-0.25, -0.2) is 4.68 Å². The highest BCUT2D eigenvalue weighted by molar-refractivity contribution is 7.07. The Morgan fingerprint density at radius 2 is 1.72 bits per heavy atom.